The molecule has 1 aromatic carbocycles. The molecule has 0 amide bonds. The number of nitrogens with zero attached hydrogens (tertiary/aromatic N) is 1. The molecule has 0 unspecified atom stereocenters. The van der Waals surface area contributed by atoms with E-state index in [1.54, 1.807) is 11.3 Å². The number of hydrogen-bond donors (Lipinski definition) is 1. The van der Waals surface area contributed by atoms with Crippen LogP contribution in [0.4, 0.5) is 5.69 Å². The number of hydrogen-bond acceptors (Lipinski definition) is 3. The molecule has 0 atom stereocenters. The fourth-order valence-corrected chi connectivity index (χ4v) is 3.70. The van der Waals surface area contributed by atoms with E-state index in [2.05, 4.69) is 72.7 Å². The molecule has 0 fully saturated rings. The molecule has 1 aromatic heterocycles. The molecule has 0 aliphatic carbocycles. The largest absolute Gasteiger partial charge is 0.384 e. The molecule has 2 aromatic rings. The minimum Gasteiger partial charge on any atom is -0.384 e. The second kappa shape index (κ2) is 7.43. The first-order valence-electron chi connectivity index (χ1n) is 6.04. The van der Waals surface area contributed by atoms with Gasteiger partial charge in [-0.15, -0.1) is 11.3 Å². The predicted molar refractivity (Wildman–Crippen MR) is 91.0 cm³/mol. The molecule has 0 radical (unpaired) electrons. The van der Waals surface area contributed by atoms with Crippen molar-refractivity contribution in [1.29, 1.82) is 0 Å². The summed E-state index contributed by atoms with van der Waals surface area (Å²) in [7, 11) is 2.15. The Balaban J connectivity index is 1.73. The summed E-state index contributed by atoms with van der Waals surface area (Å²) in [5.41, 5.74) is 1.15. The summed E-state index contributed by atoms with van der Waals surface area (Å²) in [5.74, 6) is 0. The van der Waals surface area contributed by atoms with Crippen molar-refractivity contribution in [3.63, 3.8) is 0 Å². The number of benzene rings is 1. The monoisotopic (exact) mass is 402 g/mol. The first-order chi connectivity index (χ1) is 9.13. The summed E-state index contributed by atoms with van der Waals surface area (Å²) in [6.07, 6.45) is 0. The number of anilines is 1. The molecule has 0 saturated carbocycles. The Hall–Kier alpha value is -0.360. The summed E-state index contributed by atoms with van der Waals surface area (Å²) in [6, 6.07) is 10.4. The van der Waals surface area contributed by atoms with Crippen LogP contribution in [0.25, 0.3) is 0 Å². The Kier molecular flexibility index (Phi) is 5.88. The van der Waals surface area contributed by atoms with Gasteiger partial charge >= 0.3 is 0 Å². The SMILES string of the molecule is CN(CCNc1cccc(Br)c1)Cc1cc(Br)cs1. The zero-order valence-electron chi connectivity index (χ0n) is 10.7. The van der Waals surface area contributed by atoms with E-state index in [1.807, 2.05) is 12.1 Å². The first-order valence-corrected chi connectivity index (χ1v) is 8.51. The maximum atomic E-state index is 3.49. The molecule has 5 heteroatoms. The summed E-state index contributed by atoms with van der Waals surface area (Å²) in [5, 5.41) is 5.56. The van der Waals surface area contributed by atoms with Crippen molar-refractivity contribution in [2.24, 2.45) is 0 Å². The van der Waals surface area contributed by atoms with Crippen molar-refractivity contribution in [1.82, 2.24) is 4.90 Å². The van der Waals surface area contributed by atoms with E-state index in [-0.39, 0.29) is 0 Å². The lowest BCUT2D eigenvalue weighted by atomic mass is 10.3. The van der Waals surface area contributed by atoms with Crippen molar-refractivity contribution >= 4 is 48.9 Å². The van der Waals surface area contributed by atoms with Crippen molar-refractivity contribution in [3.8, 4) is 0 Å². The third-order valence-electron chi connectivity index (χ3n) is 2.69. The van der Waals surface area contributed by atoms with Crippen LogP contribution in [-0.4, -0.2) is 25.0 Å². The van der Waals surface area contributed by atoms with Gasteiger partial charge < -0.3 is 5.32 Å². The van der Waals surface area contributed by atoms with Gasteiger partial charge in [-0.3, -0.25) is 4.90 Å². The topological polar surface area (TPSA) is 15.3 Å². The van der Waals surface area contributed by atoms with E-state index in [0.717, 1.165) is 29.8 Å². The lowest BCUT2D eigenvalue weighted by Crippen LogP contribution is -2.24. The van der Waals surface area contributed by atoms with Crippen molar-refractivity contribution in [3.05, 3.63) is 49.5 Å². The van der Waals surface area contributed by atoms with Gasteiger partial charge in [0.15, 0.2) is 0 Å². The van der Waals surface area contributed by atoms with Gasteiger partial charge in [-0.2, -0.15) is 0 Å². The van der Waals surface area contributed by atoms with Gasteiger partial charge in [0, 0.05) is 44.5 Å². The van der Waals surface area contributed by atoms with Crippen LogP contribution < -0.4 is 5.32 Å². The second-order valence-electron chi connectivity index (χ2n) is 4.41. The van der Waals surface area contributed by atoms with Gasteiger partial charge in [0.05, 0.1) is 0 Å². The van der Waals surface area contributed by atoms with Crippen LogP contribution in [0.1, 0.15) is 4.88 Å². The van der Waals surface area contributed by atoms with E-state index >= 15 is 0 Å². The van der Waals surface area contributed by atoms with Gasteiger partial charge in [-0.25, -0.2) is 0 Å². The summed E-state index contributed by atoms with van der Waals surface area (Å²) >= 11 is 8.76. The van der Waals surface area contributed by atoms with E-state index in [9.17, 15) is 0 Å². The molecule has 0 aliphatic rings. The molecule has 0 saturated heterocycles. The first kappa shape index (κ1) is 15.0. The molecule has 0 spiro atoms. The van der Waals surface area contributed by atoms with Crippen molar-refractivity contribution in [2.45, 2.75) is 6.54 Å². The molecule has 0 aliphatic heterocycles. The standard InChI is InChI=1S/C14H16Br2N2S/c1-18(9-14-8-12(16)10-19-14)6-5-17-13-4-2-3-11(15)7-13/h2-4,7-8,10,17H,5-6,9H2,1H3. The lowest BCUT2D eigenvalue weighted by molar-refractivity contribution is 0.343. The van der Waals surface area contributed by atoms with Crippen molar-refractivity contribution < 1.29 is 0 Å². The summed E-state index contributed by atoms with van der Waals surface area (Å²) < 4.78 is 2.28. The van der Waals surface area contributed by atoms with Crippen LogP contribution in [0.2, 0.25) is 0 Å². The maximum absolute atomic E-state index is 3.49. The van der Waals surface area contributed by atoms with Gasteiger partial charge in [0.2, 0.25) is 0 Å². The molecule has 102 valence electrons. The molecule has 19 heavy (non-hydrogen) atoms. The quantitative estimate of drug-likeness (QED) is 0.743. The fourth-order valence-electron chi connectivity index (χ4n) is 1.77. The predicted octanol–water partition coefficient (Wildman–Crippen LogP) is 4.82. The number of nitrogens with one attached hydrogen (secondary N) is 1. The third-order valence-corrected chi connectivity index (χ3v) is 4.87. The lowest BCUT2D eigenvalue weighted by Gasteiger charge is -2.16. The number of thiophene rings is 1. The van der Waals surface area contributed by atoms with Crippen LogP contribution in [0, 0.1) is 0 Å². The third kappa shape index (κ3) is 5.26. The molecular weight excluding hydrogens is 388 g/mol. The normalized spacial score (nSPS) is 10.9. The zero-order valence-corrected chi connectivity index (χ0v) is 14.7. The molecule has 0 bridgehead atoms. The number of halogens is 2. The molecular formula is C14H16Br2N2S. The minimum absolute atomic E-state index is 0.944. The fraction of sp³-hybridized carbons (Fsp3) is 0.286. The summed E-state index contributed by atoms with van der Waals surface area (Å²) in [6.45, 7) is 2.96. The molecule has 1 heterocycles. The Labute approximate surface area is 135 Å². The molecule has 1 N–H and O–H groups in total. The second-order valence-corrected chi connectivity index (χ2v) is 7.23. The van der Waals surface area contributed by atoms with E-state index in [1.165, 1.54) is 9.35 Å². The van der Waals surface area contributed by atoms with Crippen molar-refractivity contribution in [2.75, 3.05) is 25.5 Å². The Morgan fingerprint density at radius 2 is 2.05 bits per heavy atom. The maximum Gasteiger partial charge on any atom is 0.0351 e. The highest BCUT2D eigenvalue weighted by atomic mass is 79.9. The minimum atomic E-state index is 0.944. The molecule has 2 nitrogen and oxygen atoms in total. The van der Waals surface area contributed by atoms with Crippen LogP contribution in [0.15, 0.2) is 44.7 Å². The van der Waals surface area contributed by atoms with Gasteiger partial charge in [-0.05, 0) is 47.2 Å². The van der Waals surface area contributed by atoms with Crippen LogP contribution in [0.3, 0.4) is 0 Å². The zero-order chi connectivity index (χ0) is 13.7. The highest BCUT2D eigenvalue weighted by Crippen LogP contribution is 2.20. The average molecular weight is 404 g/mol. The van der Waals surface area contributed by atoms with E-state index in [0.29, 0.717) is 0 Å². The smallest absolute Gasteiger partial charge is 0.0351 e. The van der Waals surface area contributed by atoms with Crippen LogP contribution >= 0.6 is 43.2 Å². The molecule has 2 rings (SSSR count). The summed E-state index contributed by atoms with van der Waals surface area (Å²) in [4.78, 5) is 3.71. The average Bonchev–Trinajstić information content (AvgIpc) is 2.75. The Morgan fingerprint density at radius 3 is 2.74 bits per heavy atom. The van der Waals surface area contributed by atoms with Crippen LogP contribution in [0.5, 0.6) is 0 Å². The Morgan fingerprint density at radius 1 is 1.21 bits per heavy atom. The Bertz CT molecular complexity index is 528. The highest BCUT2D eigenvalue weighted by molar-refractivity contribution is 9.10. The highest BCUT2D eigenvalue weighted by Gasteiger charge is 2.02. The van der Waals surface area contributed by atoms with E-state index in [4.69, 9.17) is 0 Å². The van der Waals surface area contributed by atoms with E-state index < -0.39 is 0 Å². The van der Waals surface area contributed by atoms with Crippen LogP contribution in [-0.2, 0) is 6.54 Å². The van der Waals surface area contributed by atoms with Gasteiger partial charge in [-0.1, -0.05) is 22.0 Å². The van der Waals surface area contributed by atoms with Gasteiger partial charge in [0.25, 0.3) is 0 Å². The van der Waals surface area contributed by atoms with Gasteiger partial charge in [0.1, 0.15) is 0 Å². The number of likely N-dealkylation sites (N-methyl/N-ethyl adjacent to an activating group) is 1. The number of rotatable bonds is 6.